The van der Waals surface area contributed by atoms with E-state index in [9.17, 15) is 9.90 Å². The van der Waals surface area contributed by atoms with Gasteiger partial charge in [0.05, 0.1) is 59.7 Å². The number of rotatable bonds is 2. The molecular formula is C36H33N5O4S. The zero-order valence-electron chi connectivity index (χ0n) is 25.7. The highest BCUT2D eigenvalue weighted by Gasteiger charge is 2.25. The molecule has 0 saturated heterocycles. The molecule has 1 unspecified atom stereocenters. The molecule has 6 aromatic rings. The van der Waals surface area contributed by atoms with Crippen LogP contribution in [0.2, 0.25) is 0 Å². The summed E-state index contributed by atoms with van der Waals surface area (Å²) in [6.45, 7) is 3.28. The van der Waals surface area contributed by atoms with E-state index in [2.05, 4.69) is 34.3 Å². The molecule has 8 rings (SSSR count). The number of nitrogens with zero attached hydrogens (tertiary/aromatic N) is 5. The van der Waals surface area contributed by atoms with Gasteiger partial charge in [-0.25, -0.2) is 9.97 Å². The maximum atomic E-state index is 12.1. The molecule has 3 aromatic carbocycles. The predicted octanol–water partition coefficient (Wildman–Crippen LogP) is 7.73. The van der Waals surface area contributed by atoms with Gasteiger partial charge in [-0.15, -0.1) is 11.3 Å². The summed E-state index contributed by atoms with van der Waals surface area (Å²) in [6, 6.07) is 12.5. The number of thiazole rings is 1. The zero-order valence-corrected chi connectivity index (χ0v) is 26.6. The van der Waals surface area contributed by atoms with E-state index < -0.39 is 5.97 Å². The monoisotopic (exact) mass is 631 g/mol. The van der Waals surface area contributed by atoms with Crippen LogP contribution in [-0.4, -0.2) is 49.0 Å². The number of hydrogen-bond acceptors (Lipinski definition) is 8. The van der Waals surface area contributed by atoms with Gasteiger partial charge in [0.1, 0.15) is 22.2 Å². The lowest BCUT2D eigenvalue weighted by Crippen LogP contribution is -2.14. The average molecular weight is 632 g/mol. The normalized spacial score (nSPS) is 16.3. The number of aromatic nitrogens is 5. The summed E-state index contributed by atoms with van der Waals surface area (Å²) in [7, 11) is 1.93. The molecule has 10 heteroatoms. The third-order valence-corrected chi connectivity index (χ3v) is 10.3. The number of benzene rings is 3. The van der Waals surface area contributed by atoms with Gasteiger partial charge in [0.2, 0.25) is 0 Å². The fourth-order valence-electron chi connectivity index (χ4n) is 6.90. The number of hydrogen-bond donors (Lipinski definition) is 1. The zero-order chi connectivity index (χ0) is 31.4. The molecule has 3 aromatic heterocycles. The molecule has 232 valence electrons. The van der Waals surface area contributed by atoms with E-state index in [1.54, 1.807) is 12.4 Å². The van der Waals surface area contributed by atoms with Crippen LogP contribution in [0.25, 0.3) is 54.2 Å². The summed E-state index contributed by atoms with van der Waals surface area (Å²) in [6.07, 6.45) is 10.4. The largest absolute Gasteiger partial charge is 0.493 e. The summed E-state index contributed by atoms with van der Waals surface area (Å²) < 4.78 is 15.3. The summed E-state index contributed by atoms with van der Waals surface area (Å²) in [5.41, 5.74) is 8.84. The number of aryl methyl sites for hydroxylation is 2. The SMILES string of the molecule is Cc1cc2nc3sc2c(c1CC(=O)O)-c1ccc2c(c1)C(CCCCCOc1cc4c(cnn4C)cc1-c1cncc-3n1)CCO2. The number of aliphatic carboxylic acids is 1. The van der Waals surface area contributed by atoms with Crippen LogP contribution in [-0.2, 0) is 18.3 Å². The number of ether oxygens (including phenoxy) is 2. The van der Waals surface area contributed by atoms with Crippen molar-refractivity contribution in [1.29, 1.82) is 0 Å². The maximum absolute atomic E-state index is 12.1. The topological polar surface area (TPSA) is 112 Å². The van der Waals surface area contributed by atoms with Gasteiger partial charge >= 0.3 is 5.97 Å². The second-order valence-electron chi connectivity index (χ2n) is 12.2. The third kappa shape index (κ3) is 5.06. The standard InChI is InChI=1S/C36H33N5O4S/c1-20-12-27-35-34(24(20)15-33(42)43)22-7-8-31-25(13-22)21(9-11-45-31)6-4-3-5-10-44-32-16-30-23(17-38-41(30)2)14-26(32)28-18-37-19-29(39-28)36(40-27)46-35/h7-8,12-14,16-19,21H,3-6,9-11,15H2,1-2H3,(H,42,43). The van der Waals surface area contributed by atoms with Crippen LogP contribution in [0.4, 0.5) is 0 Å². The highest BCUT2D eigenvalue weighted by Crippen LogP contribution is 2.45. The second kappa shape index (κ2) is 11.5. The number of fused-ring (bicyclic) bond motifs is 9. The van der Waals surface area contributed by atoms with Crippen molar-refractivity contribution in [3.63, 3.8) is 0 Å². The molecule has 1 atom stereocenters. The second-order valence-corrected chi connectivity index (χ2v) is 13.2. The Morgan fingerprint density at radius 3 is 2.74 bits per heavy atom. The molecule has 1 N–H and O–H groups in total. The Labute approximate surface area is 269 Å². The Morgan fingerprint density at radius 1 is 0.978 bits per heavy atom. The van der Waals surface area contributed by atoms with Crippen molar-refractivity contribution in [2.24, 2.45) is 7.05 Å². The first-order valence-electron chi connectivity index (χ1n) is 15.8. The van der Waals surface area contributed by atoms with Crippen LogP contribution in [0.15, 0.2) is 55.0 Å². The minimum absolute atomic E-state index is 0.0732. The lowest BCUT2D eigenvalue weighted by Gasteiger charge is -2.27. The van der Waals surface area contributed by atoms with Crippen molar-refractivity contribution < 1.29 is 19.4 Å². The predicted molar refractivity (Wildman–Crippen MR) is 179 cm³/mol. The molecule has 0 radical (unpaired) electrons. The average Bonchev–Trinajstić information content (AvgIpc) is 3.64. The van der Waals surface area contributed by atoms with Crippen LogP contribution >= 0.6 is 11.3 Å². The molecule has 46 heavy (non-hydrogen) atoms. The first kappa shape index (κ1) is 28.6. The molecular weight excluding hydrogens is 598 g/mol. The molecule has 9 nitrogen and oxygen atoms in total. The highest BCUT2D eigenvalue weighted by molar-refractivity contribution is 7.22. The quantitative estimate of drug-likeness (QED) is 0.207. The number of carbonyl (C=O) groups is 1. The van der Waals surface area contributed by atoms with Crippen LogP contribution < -0.4 is 9.47 Å². The molecule has 6 bridgehead atoms. The van der Waals surface area contributed by atoms with Crippen molar-refractivity contribution >= 4 is 38.4 Å². The maximum Gasteiger partial charge on any atom is 0.307 e. The molecule has 0 fully saturated rings. The first-order valence-corrected chi connectivity index (χ1v) is 16.6. The fraction of sp³-hybridized carbons (Fsp3) is 0.306. The van der Waals surface area contributed by atoms with E-state index in [-0.39, 0.29) is 6.42 Å². The van der Waals surface area contributed by atoms with E-state index in [1.165, 1.54) is 16.9 Å². The molecule has 2 aliphatic rings. The van der Waals surface area contributed by atoms with Crippen LogP contribution in [0.1, 0.15) is 54.7 Å². The fourth-order valence-corrected chi connectivity index (χ4v) is 7.99. The Kier molecular flexibility index (Phi) is 7.17. The molecule has 0 amide bonds. The Balaban J connectivity index is 1.34. The molecule has 5 heterocycles. The molecule has 0 spiro atoms. The van der Waals surface area contributed by atoms with Crippen molar-refractivity contribution in [3.05, 3.63) is 71.7 Å². The Bertz CT molecular complexity index is 2150. The number of carboxylic acid groups (broad SMARTS) is 1. The first-order chi connectivity index (χ1) is 22.4. The van der Waals surface area contributed by atoms with Gasteiger partial charge in [0.15, 0.2) is 0 Å². The van der Waals surface area contributed by atoms with Crippen molar-refractivity contribution in [2.45, 2.75) is 51.4 Å². The smallest absolute Gasteiger partial charge is 0.307 e. The van der Waals surface area contributed by atoms with E-state index in [0.717, 1.165) is 97.5 Å². The summed E-state index contributed by atoms with van der Waals surface area (Å²) >= 11 is 1.52. The van der Waals surface area contributed by atoms with Crippen LogP contribution in [0.3, 0.4) is 0 Å². The Hall–Kier alpha value is -4.83. The summed E-state index contributed by atoms with van der Waals surface area (Å²) in [5.74, 6) is 1.20. The molecule has 0 aliphatic carbocycles. The van der Waals surface area contributed by atoms with E-state index in [1.807, 2.05) is 37.0 Å². The van der Waals surface area contributed by atoms with Gasteiger partial charge < -0.3 is 14.6 Å². The highest BCUT2D eigenvalue weighted by atomic mass is 32.1. The molecule has 0 saturated carbocycles. The van der Waals surface area contributed by atoms with Crippen molar-refractivity contribution in [1.82, 2.24) is 24.7 Å². The summed E-state index contributed by atoms with van der Waals surface area (Å²) in [5, 5.41) is 16.1. The van der Waals surface area contributed by atoms with Crippen molar-refractivity contribution in [2.75, 3.05) is 13.2 Å². The van der Waals surface area contributed by atoms with Crippen LogP contribution in [0.5, 0.6) is 11.5 Å². The van der Waals surface area contributed by atoms with E-state index in [0.29, 0.717) is 30.5 Å². The Morgan fingerprint density at radius 2 is 1.85 bits per heavy atom. The number of carboxylic acids is 1. The minimum atomic E-state index is -0.861. The summed E-state index contributed by atoms with van der Waals surface area (Å²) in [4.78, 5) is 26.8. The third-order valence-electron chi connectivity index (χ3n) is 9.23. The van der Waals surface area contributed by atoms with Gasteiger partial charge in [0, 0.05) is 29.6 Å². The van der Waals surface area contributed by atoms with Gasteiger partial charge in [-0.1, -0.05) is 18.9 Å². The van der Waals surface area contributed by atoms with Crippen molar-refractivity contribution in [3.8, 4) is 44.6 Å². The van der Waals surface area contributed by atoms with Gasteiger partial charge in [-0.3, -0.25) is 14.5 Å². The lowest BCUT2D eigenvalue weighted by atomic mass is 9.85. The lowest BCUT2D eigenvalue weighted by molar-refractivity contribution is -0.136. The molecule has 2 aliphatic heterocycles. The van der Waals surface area contributed by atoms with E-state index >= 15 is 0 Å². The van der Waals surface area contributed by atoms with Crippen LogP contribution in [0, 0.1) is 6.92 Å². The minimum Gasteiger partial charge on any atom is -0.493 e. The van der Waals surface area contributed by atoms with Gasteiger partial charge in [0.25, 0.3) is 0 Å². The van der Waals surface area contributed by atoms with Gasteiger partial charge in [-0.2, -0.15) is 5.10 Å². The van der Waals surface area contributed by atoms with E-state index in [4.69, 9.17) is 19.4 Å². The van der Waals surface area contributed by atoms with Gasteiger partial charge in [-0.05, 0) is 78.6 Å².